The number of pyridine rings is 1. The first-order valence-corrected chi connectivity index (χ1v) is 12.0. The van der Waals surface area contributed by atoms with Crippen molar-refractivity contribution in [3.63, 3.8) is 0 Å². The fourth-order valence-corrected chi connectivity index (χ4v) is 4.81. The van der Waals surface area contributed by atoms with Crippen molar-refractivity contribution in [2.75, 3.05) is 12.0 Å². The van der Waals surface area contributed by atoms with Crippen LogP contribution in [-0.2, 0) is 15.3 Å². The van der Waals surface area contributed by atoms with Crippen LogP contribution in [0.1, 0.15) is 66.8 Å². The molecule has 176 valence electrons. The third-order valence-corrected chi connectivity index (χ3v) is 6.32. The number of hydrogen-bond acceptors (Lipinski definition) is 8. The number of halogens is 3. The molecular formula is C20H24F3N3O5S. The highest BCUT2D eigenvalue weighted by atomic mass is 32.2. The molecule has 1 aliphatic rings. The van der Waals surface area contributed by atoms with Gasteiger partial charge in [0.05, 0.1) is 11.2 Å². The first-order chi connectivity index (χ1) is 14.7. The van der Waals surface area contributed by atoms with Gasteiger partial charge in [-0.05, 0) is 25.7 Å². The van der Waals surface area contributed by atoms with Gasteiger partial charge in [-0.1, -0.05) is 12.1 Å². The van der Waals surface area contributed by atoms with E-state index in [2.05, 4.69) is 15.1 Å². The van der Waals surface area contributed by atoms with Gasteiger partial charge in [0, 0.05) is 37.4 Å². The summed E-state index contributed by atoms with van der Waals surface area (Å²) in [7, 11) is -3.54. The van der Waals surface area contributed by atoms with Crippen molar-refractivity contribution in [2.24, 2.45) is 0 Å². The summed E-state index contributed by atoms with van der Waals surface area (Å²) >= 11 is 0. The summed E-state index contributed by atoms with van der Waals surface area (Å²) in [4.78, 5) is 21.2. The number of sulfone groups is 1. The molecular weight excluding hydrogens is 451 g/mol. The highest BCUT2D eigenvalue weighted by molar-refractivity contribution is 7.90. The Balaban J connectivity index is 1.92. The van der Waals surface area contributed by atoms with E-state index in [0.717, 1.165) is 26.0 Å². The summed E-state index contributed by atoms with van der Waals surface area (Å²) in [5, 5.41) is 3.78. The minimum Gasteiger partial charge on any atom is -0.481 e. The van der Waals surface area contributed by atoms with Gasteiger partial charge in [0.15, 0.2) is 17.7 Å². The van der Waals surface area contributed by atoms with Crippen LogP contribution >= 0.6 is 0 Å². The van der Waals surface area contributed by atoms with Crippen LogP contribution in [0.5, 0.6) is 5.75 Å². The minimum absolute atomic E-state index is 0.0416. The molecule has 1 unspecified atom stereocenters. The standard InChI is InChI=1S/C20H24F3N3O5S/c1-11(20(21,22)23)30-17-7-15(24-9-14(17)13-5-6-13)16(27)8-19(3,10-32(4,28)29)18-25-12(2)31-26-18/h7,9,11,13H,5-6,8,10H2,1-4H3/t11-,19?/m0/s1. The number of ether oxygens (including phenoxy) is 1. The van der Waals surface area contributed by atoms with Crippen molar-refractivity contribution in [1.82, 2.24) is 15.1 Å². The van der Waals surface area contributed by atoms with Crippen LogP contribution in [0.4, 0.5) is 13.2 Å². The zero-order valence-corrected chi connectivity index (χ0v) is 18.9. The molecule has 2 heterocycles. The Hall–Kier alpha value is -2.50. The van der Waals surface area contributed by atoms with Crippen LogP contribution in [0.25, 0.3) is 0 Å². The summed E-state index contributed by atoms with van der Waals surface area (Å²) in [5.74, 6) is -0.762. The van der Waals surface area contributed by atoms with Gasteiger partial charge in [-0.2, -0.15) is 18.2 Å². The maximum atomic E-state index is 13.0. The van der Waals surface area contributed by atoms with E-state index in [4.69, 9.17) is 9.26 Å². The maximum Gasteiger partial charge on any atom is 0.425 e. The molecule has 2 atom stereocenters. The van der Waals surface area contributed by atoms with Gasteiger partial charge in [0.1, 0.15) is 21.3 Å². The highest BCUT2D eigenvalue weighted by Crippen LogP contribution is 2.45. The molecule has 32 heavy (non-hydrogen) atoms. The average Bonchev–Trinajstić information content (AvgIpc) is 3.39. The number of aromatic nitrogens is 3. The summed E-state index contributed by atoms with van der Waals surface area (Å²) in [5.41, 5.74) is -0.927. The molecule has 0 spiro atoms. The van der Waals surface area contributed by atoms with Crippen LogP contribution in [0.2, 0.25) is 0 Å². The van der Waals surface area contributed by atoms with Gasteiger partial charge in [-0.3, -0.25) is 9.78 Å². The number of hydrogen-bond donors (Lipinski definition) is 0. The Kier molecular flexibility index (Phi) is 6.38. The van der Waals surface area contributed by atoms with Gasteiger partial charge in [-0.25, -0.2) is 8.42 Å². The van der Waals surface area contributed by atoms with Crippen molar-refractivity contribution < 1.29 is 35.6 Å². The first kappa shape index (κ1) is 24.1. The van der Waals surface area contributed by atoms with Crippen molar-refractivity contribution >= 4 is 15.6 Å². The molecule has 0 amide bonds. The van der Waals surface area contributed by atoms with Crippen LogP contribution in [0, 0.1) is 6.92 Å². The minimum atomic E-state index is -4.57. The monoisotopic (exact) mass is 475 g/mol. The number of nitrogens with zero attached hydrogens (tertiary/aromatic N) is 3. The Morgan fingerprint density at radius 3 is 2.50 bits per heavy atom. The number of rotatable bonds is 9. The van der Waals surface area contributed by atoms with E-state index in [0.29, 0.717) is 5.56 Å². The number of Topliss-reactive ketones (excluding diaryl/α,β-unsaturated/α-hetero) is 1. The molecule has 0 aliphatic heterocycles. The molecule has 8 nitrogen and oxygen atoms in total. The van der Waals surface area contributed by atoms with E-state index >= 15 is 0 Å². The average molecular weight is 475 g/mol. The fourth-order valence-electron chi connectivity index (χ4n) is 3.42. The lowest BCUT2D eigenvalue weighted by Gasteiger charge is -2.24. The molecule has 0 bridgehead atoms. The van der Waals surface area contributed by atoms with Gasteiger partial charge < -0.3 is 9.26 Å². The van der Waals surface area contributed by atoms with E-state index in [1.807, 2.05) is 0 Å². The molecule has 2 aromatic rings. The molecule has 1 saturated carbocycles. The van der Waals surface area contributed by atoms with E-state index in [1.165, 1.54) is 26.1 Å². The van der Waals surface area contributed by atoms with Crippen molar-refractivity contribution in [3.8, 4) is 5.75 Å². The van der Waals surface area contributed by atoms with E-state index < -0.39 is 39.1 Å². The third kappa shape index (κ3) is 5.84. The van der Waals surface area contributed by atoms with Gasteiger partial charge in [0.25, 0.3) is 0 Å². The first-order valence-electron chi connectivity index (χ1n) is 9.93. The lowest BCUT2D eigenvalue weighted by molar-refractivity contribution is -0.189. The Labute approximate surface area is 183 Å². The molecule has 0 aromatic carbocycles. The van der Waals surface area contributed by atoms with E-state index in [1.54, 1.807) is 0 Å². The molecule has 3 rings (SSSR count). The van der Waals surface area contributed by atoms with Crippen LogP contribution in [0.15, 0.2) is 16.8 Å². The Morgan fingerprint density at radius 2 is 2.00 bits per heavy atom. The topological polar surface area (TPSA) is 112 Å². The predicted octanol–water partition coefficient (Wildman–Crippen LogP) is 3.56. The van der Waals surface area contributed by atoms with Gasteiger partial charge in [0.2, 0.25) is 5.89 Å². The lowest BCUT2D eigenvalue weighted by atomic mass is 9.85. The summed E-state index contributed by atoms with van der Waals surface area (Å²) in [6.45, 7) is 3.93. The van der Waals surface area contributed by atoms with Gasteiger partial charge in [-0.15, -0.1) is 0 Å². The predicted molar refractivity (Wildman–Crippen MR) is 107 cm³/mol. The second-order valence-corrected chi connectivity index (χ2v) is 10.7. The molecule has 12 heteroatoms. The normalized spacial score (nSPS) is 17.6. The molecule has 0 N–H and O–H groups in total. The summed E-state index contributed by atoms with van der Waals surface area (Å²) < 4.78 is 73.2. The molecule has 2 aromatic heterocycles. The highest BCUT2D eigenvalue weighted by Gasteiger charge is 2.41. The second kappa shape index (κ2) is 8.45. The van der Waals surface area contributed by atoms with Crippen molar-refractivity contribution in [3.05, 3.63) is 35.2 Å². The van der Waals surface area contributed by atoms with E-state index in [-0.39, 0.29) is 35.5 Å². The molecule has 1 fully saturated rings. The smallest absolute Gasteiger partial charge is 0.425 e. The lowest BCUT2D eigenvalue weighted by Crippen LogP contribution is -2.35. The quantitative estimate of drug-likeness (QED) is 0.506. The fraction of sp³-hybridized carbons (Fsp3) is 0.600. The molecule has 0 radical (unpaired) electrons. The SMILES string of the molecule is Cc1nc(C(C)(CC(=O)c2cc(O[C@@H](C)C(F)(F)F)c(C3CC3)cn2)CS(C)(=O)=O)no1. The zero-order chi connectivity index (χ0) is 23.9. The number of ketones is 1. The Morgan fingerprint density at radius 1 is 1.34 bits per heavy atom. The molecule has 0 saturated heterocycles. The zero-order valence-electron chi connectivity index (χ0n) is 18.1. The molecule has 1 aliphatic carbocycles. The number of carbonyl (C=O) groups is 1. The summed E-state index contributed by atoms with van der Waals surface area (Å²) in [6.07, 6.45) is -3.00. The maximum absolute atomic E-state index is 13.0. The van der Waals surface area contributed by atoms with Crippen LogP contribution in [0.3, 0.4) is 0 Å². The van der Waals surface area contributed by atoms with Crippen molar-refractivity contribution in [1.29, 1.82) is 0 Å². The Bertz CT molecular complexity index is 1110. The van der Waals surface area contributed by atoms with Crippen LogP contribution < -0.4 is 4.74 Å². The third-order valence-electron chi connectivity index (χ3n) is 5.16. The number of aryl methyl sites for hydroxylation is 1. The second-order valence-electron chi connectivity index (χ2n) is 8.55. The summed E-state index contributed by atoms with van der Waals surface area (Å²) in [6, 6.07) is 1.20. The number of alkyl halides is 3. The van der Waals surface area contributed by atoms with Crippen LogP contribution in [-0.4, -0.2) is 53.6 Å². The van der Waals surface area contributed by atoms with Gasteiger partial charge >= 0.3 is 6.18 Å². The number of carbonyl (C=O) groups excluding carboxylic acids is 1. The van der Waals surface area contributed by atoms with Crippen molar-refractivity contribution in [2.45, 2.75) is 63.6 Å². The largest absolute Gasteiger partial charge is 0.481 e. The van der Waals surface area contributed by atoms with E-state index in [9.17, 15) is 26.4 Å².